The van der Waals surface area contributed by atoms with Crippen LogP contribution in [-0.4, -0.2) is 25.7 Å². The molecule has 160 valence electrons. The molecular formula is C23H25Cl2N2O3-. The van der Waals surface area contributed by atoms with E-state index < -0.39 is 0 Å². The smallest absolute Gasteiger partial charge is 0.161 e. The Morgan fingerprint density at radius 2 is 1.60 bits per heavy atom. The van der Waals surface area contributed by atoms with Crippen molar-refractivity contribution in [3.05, 3.63) is 82.6 Å². The summed E-state index contributed by atoms with van der Waals surface area (Å²) in [7, 11) is 3.32. The molecule has 3 rings (SSSR count). The van der Waals surface area contributed by atoms with Gasteiger partial charge >= 0.3 is 0 Å². The highest BCUT2D eigenvalue weighted by atomic mass is 35.5. The van der Waals surface area contributed by atoms with E-state index in [0.29, 0.717) is 23.3 Å². The van der Waals surface area contributed by atoms with Crippen molar-refractivity contribution in [2.24, 2.45) is 0 Å². The van der Waals surface area contributed by atoms with Crippen LogP contribution in [0.15, 0.2) is 60.8 Å². The lowest BCUT2D eigenvalue weighted by Gasteiger charge is -2.13. The van der Waals surface area contributed by atoms with E-state index in [2.05, 4.69) is 22.4 Å². The fourth-order valence-corrected chi connectivity index (χ4v) is 2.96. The van der Waals surface area contributed by atoms with Gasteiger partial charge in [-0.1, -0.05) is 35.9 Å². The molecule has 0 aliphatic heterocycles. The highest BCUT2D eigenvalue weighted by molar-refractivity contribution is 6.29. The number of halogens is 2. The molecule has 1 N–H and O–H groups in total. The van der Waals surface area contributed by atoms with E-state index in [9.17, 15) is 0 Å². The van der Waals surface area contributed by atoms with Crippen molar-refractivity contribution in [2.45, 2.75) is 19.6 Å². The van der Waals surface area contributed by atoms with E-state index >= 15 is 0 Å². The first kappa shape index (κ1) is 23.8. The molecule has 0 saturated carbocycles. The van der Waals surface area contributed by atoms with Crippen LogP contribution in [0, 0.1) is 0 Å². The SMILES string of the molecule is COc1ccc(CCNCc2ccc(OCc3ccc(Cl)nc3)c(OC)c2)cc1.[Cl-]. The van der Waals surface area contributed by atoms with Crippen molar-refractivity contribution in [1.82, 2.24) is 10.3 Å². The number of pyridine rings is 1. The number of nitrogens with one attached hydrogen (secondary N) is 1. The van der Waals surface area contributed by atoms with E-state index in [1.165, 1.54) is 5.56 Å². The first-order valence-corrected chi connectivity index (χ1v) is 9.79. The third kappa shape index (κ3) is 7.10. The van der Waals surface area contributed by atoms with Gasteiger partial charge < -0.3 is 31.9 Å². The zero-order chi connectivity index (χ0) is 20.5. The number of hydrogen-bond acceptors (Lipinski definition) is 5. The minimum absolute atomic E-state index is 0. The van der Waals surface area contributed by atoms with Gasteiger partial charge in [-0.25, -0.2) is 4.98 Å². The maximum Gasteiger partial charge on any atom is 0.161 e. The quantitative estimate of drug-likeness (QED) is 0.378. The molecule has 0 radical (unpaired) electrons. The predicted molar refractivity (Wildman–Crippen MR) is 115 cm³/mol. The van der Waals surface area contributed by atoms with Crippen molar-refractivity contribution < 1.29 is 26.6 Å². The lowest BCUT2D eigenvalue weighted by Crippen LogP contribution is -3.00. The van der Waals surface area contributed by atoms with Crippen molar-refractivity contribution in [3.63, 3.8) is 0 Å². The topological polar surface area (TPSA) is 52.6 Å². The Morgan fingerprint density at radius 3 is 2.27 bits per heavy atom. The molecule has 2 aromatic carbocycles. The second-order valence-corrected chi connectivity index (χ2v) is 6.93. The van der Waals surface area contributed by atoms with E-state index in [0.717, 1.165) is 36.4 Å². The molecule has 0 unspecified atom stereocenters. The third-order valence-corrected chi connectivity index (χ3v) is 4.71. The van der Waals surface area contributed by atoms with E-state index in [4.69, 9.17) is 25.8 Å². The molecule has 0 atom stereocenters. The van der Waals surface area contributed by atoms with Gasteiger partial charge in [0.05, 0.1) is 14.2 Å². The first-order chi connectivity index (χ1) is 14.2. The molecule has 0 fully saturated rings. The number of ether oxygens (including phenoxy) is 3. The van der Waals surface area contributed by atoms with Crippen LogP contribution in [0.1, 0.15) is 16.7 Å². The van der Waals surface area contributed by atoms with Crippen LogP contribution in [0.5, 0.6) is 17.2 Å². The van der Waals surface area contributed by atoms with Gasteiger partial charge in [-0.3, -0.25) is 0 Å². The summed E-state index contributed by atoms with van der Waals surface area (Å²) >= 11 is 5.81. The summed E-state index contributed by atoms with van der Waals surface area (Å²) in [5.74, 6) is 2.29. The van der Waals surface area contributed by atoms with Gasteiger partial charge in [0.2, 0.25) is 0 Å². The summed E-state index contributed by atoms with van der Waals surface area (Å²) in [4.78, 5) is 4.06. The molecule has 0 aliphatic carbocycles. The maximum atomic E-state index is 5.87. The highest BCUT2D eigenvalue weighted by Gasteiger charge is 2.07. The average molecular weight is 448 g/mol. The standard InChI is InChI=1S/C23H25ClN2O3.ClH/c1-27-20-7-3-17(4-8-20)11-12-25-14-18-5-9-21(22(13-18)28-2)29-16-19-6-10-23(24)26-15-19;/h3-10,13,15,25H,11-12,14,16H2,1-2H3;1H/p-1. The molecule has 0 saturated heterocycles. The number of hydrogen-bond donors (Lipinski definition) is 1. The van der Waals surface area contributed by atoms with Gasteiger partial charge in [-0.15, -0.1) is 0 Å². The number of benzene rings is 2. The number of nitrogens with zero attached hydrogens (tertiary/aromatic N) is 1. The van der Waals surface area contributed by atoms with E-state index in [1.54, 1.807) is 26.5 Å². The Kier molecular flexibility index (Phi) is 9.74. The molecule has 0 bridgehead atoms. The Balaban J connectivity index is 0.00000320. The number of methoxy groups -OCH3 is 2. The molecule has 0 aliphatic rings. The molecule has 3 aromatic rings. The van der Waals surface area contributed by atoms with Crippen LogP contribution in [-0.2, 0) is 19.6 Å². The summed E-state index contributed by atoms with van der Waals surface area (Å²) in [5.41, 5.74) is 3.36. The second-order valence-electron chi connectivity index (χ2n) is 6.54. The molecule has 1 heterocycles. The fourth-order valence-electron chi connectivity index (χ4n) is 2.85. The van der Waals surface area contributed by atoms with Gasteiger partial charge in [0.1, 0.15) is 17.5 Å². The van der Waals surface area contributed by atoms with Gasteiger partial charge in [-0.05, 0) is 54.4 Å². The molecular weight excluding hydrogens is 423 g/mol. The maximum absolute atomic E-state index is 5.87. The molecule has 30 heavy (non-hydrogen) atoms. The first-order valence-electron chi connectivity index (χ1n) is 9.41. The van der Waals surface area contributed by atoms with Crippen molar-refractivity contribution in [1.29, 1.82) is 0 Å². The van der Waals surface area contributed by atoms with Crippen LogP contribution in [0.25, 0.3) is 0 Å². The lowest BCUT2D eigenvalue weighted by molar-refractivity contribution is -0.00000677. The van der Waals surface area contributed by atoms with Crippen molar-refractivity contribution in [3.8, 4) is 17.2 Å². The van der Waals surface area contributed by atoms with Gasteiger partial charge in [0, 0.05) is 18.3 Å². The zero-order valence-corrected chi connectivity index (χ0v) is 18.5. The molecule has 1 aromatic heterocycles. The van der Waals surface area contributed by atoms with Crippen LogP contribution >= 0.6 is 11.6 Å². The van der Waals surface area contributed by atoms with E-state index in [1.807, 2.05) is 36.4 Å². The lowest BCUT2D eigenvalue weighted by atomic mass is 10.1. The van der Waals surface area contributed by atoms with Gasteiger partial charge in [-0.2, -0.15) is 0 Å². The van der Waals surface area contributed by atoms with Crippen molar-refractivity contribution in [2.75, 3.05) is 20.8 Å². The monoisotopic (exact) mass is 447 g/mol. The second kappa shape index (κ2) is 12.3. The molecule has 5 nitrogen and oxygen atoms in total. The van der Waals surface area contributed by atoms with E-state index in [-0.39, 0.29) is 12.4 Å². The fraction of sp³-hybridized carbons (Fsp3) is 0.261. The van der Waals surface area contributed by atoms with Gasteiger partial charge in [0.25, 0.3) is 0 Å². The number of aromatic nitrogens is 1. The van der Waals surface area contributed by atoms with Crippen LogP contribution in [0.2, 0.25) is 5.15 Å². The summed E-state index contributed by atoms with van der Waals surface area (Å²) in [6, 6.07) is 17.8. The molecule has 0 amide bonds. The summed E-state index contributed by atoms with van der Waals surface area (Å²) in [6.45, 7) is 2.05. The minimum Gasteiger partial charge on any atom is -1.00 e. The largest absolute Gasteiger partial charge is 1.00 e. The highest BCUT2D eigenvalue weighted by Crippen LogP contribution is 2.29. The summed E-state index contributed by atoms with van der Waals surface area (Å²) in [6.07, 6.45) is 2.66. The van der Waals surface area contributed by atoms with Crippen LogP contribution in [0.3, 0.4) is 0 Å². The van der Waals surface area contributed by atoms with Gasteiger partial charge in [0.15, 0.2) is 11.5 Å². The Hall–Kier alpha value is -2.47. The summed E-state index contributed by atoms with van der Waals surface area (Å²) in [5, 5.41) is 3.93. The zero-order valence-electron chi connectivity index (χ0n) is 17.0. The minimum atomic E-state index is 0. The molecule has 0 spiro atoms. The van der Waals surface area contributed by atoms with Crippen molar-refractivity contribution >= 4 is 11.6 Å². The average Bonchev–Trinajstić information content (AvgIpc) is 2.77. The third-order valence-electron chi connectivity index (χ3n) is 4.49. The van der Waals surface area contributed by atoms with Crippen LogP contribution < -0.4 is 31.9 Å². The van der Waals surface area contributed by atoms with Crippen LogP contribution in [0.4, 0.5) is 0 Å². The normalized spacial score (nSPS) is 10.2. The Morgan fingerprint density at radius 1 is 0.867 bits per heavy atom. The Bertz CT molecular complexity index is 903. The summed E-state index contributed by atoms with van der Waals surface area (Å²) < 4.78 is 16.5. The molecule has 7 heteroatoms. The number of rotatable bonds is 10. The Labute approximate surface area is 188 Å². The predicted octanol–water partition coefficient (Wildman–Crippen LogP) is 1.67.